The second-order valence-electron chi connectivity index (χ2n) is 6.64. The highest BCUT2D eigenvalue weighted by Gasteiger charge is 2.10. The maximum Gasteiger partial charge on any atom is 0.230 e. The Morgan fingerprint density at radius 2 is 1.79 bits per heavy atom. The fourth-order valence-electron chi connectivity index (χ4n) is 2.72. The Balaban J connectivity index is 1.56. The molecule has 3 rings (SSSR count). The number of aryl methyl sites for hydroxylation is 2. The van der Waals surface area contributed by atoms with Crippen molar-refractivity contribution in [1.82, 2.24) is 4.98 Å². The lowest BCUT2D eigenvalue weighted by Gasteiger charge is -2.07. The van der Waals surface area contributed by atoms with Crippen molar-refractivity contribution in [3.05, 3.63) is 64.2 Å². The van der Waals surface area contributed by atoms with Crippen molar-refractivity contribution in [2.24, 2.45) is 0 Å². The molecule has 7 heteroatoms. The van der Waals surface area contributed by atoms with Crippen molar-refractivity contribution in [1.29, 1.82) is 0 Å². The number of amides is 1. The quantitative estimate of drug-likeness (QED) is 0.497. The number of benzene rings is 2. The number of anilines is 1. The molecule has 0 aliphatic rings. The van der Waals surface area contributed by atoms with Crippen LogP contribution in [0.5, 0.6) is 11.5 Å². The van der Waals surface area contributed by atoms with Crippen LogP contribution in [-0.2, 0) is 17.0 Å². The van der Waals surface area contributed by atoms with E-state index >= 15 is 0 Å². The van der Waals surface area contributed by atoms with Crippen molar-refractivity contribution in [3.63, 3.8) is 0 Å². The second kappa shape index (κ2) is 9.80. The molecule has 0 unspecified atom stereocenters. The van der Waals surface area contributed by atoms with Crippen LogP contribution in [0.3, 0.4) is 0 Å². The van der Waals surface area contributed by atoms with Crippen LogP contribution >= 0.6 is 23.1 Å². The number of thiazole rings is 1. The van der Waals surface area contributed by atoms with E-state index in [1.165, 1.54) is 5.56 Å². The summed E-state index contributed by atoms with van der Waals surface area (Å²) in [4.78, 5) is 16.9. The maximum absolute atomic E-state index is 12.3. The smallest absolute Gasteiger partial charge is 0.230 e. The van der Waals surface area contributed by atoms with Crippen LogP contribution in [0.25, 0.3) is 0 Å². The summed E-state index contributed by atoms with van der Waals surface area (Å²) in [5.74, 6) is 2.22. The Bertz CT molecular complexity index is 979. The lowest BCUT2D eigenvalue weighted by Crippen LogP contribution is -2.14. The van der Waals surface area contributed by atoms with E-state index in [2.05, 4.69) is 17.2 Å². The van der Waals surface area contributed by atoms with Gasteiger partial charge in [-0.1, -0.05) is 17.8 Å². The van der Waals surface area contributed by atoms with Gasteiger partial charge >= 0.3 is 0 Å². The summed E-state index contributed by atoms with van der Waals surface area (Å²) in [6.07, 6.45) is 0.261. The van der Waals surface area contributed by atoms with Crippen LogP contribution < -0.4 is 14.8 Å². The fourth-order valence-corrected chi connectivity index (χ4v) is 4.49. The van der Waals surface area contributed by atoms with Crippen LogP contribution in [0.1, 0.15) is 22.4 Å². The molecular weight excluding hydrogens is 404 g/mol. The highest BCUT2D eigenvalue weighted by Crippen LogP contribution is 2.30. The molecule has 0 fully saturated rings. The van der Waals surface area contributed by atoms with E-state index in [4.69, 9.17) is 9.47 Å². The van der Waals surface area contributed by atoms with Crippen molar-refractivity contribution in [2.75, 3.05) is 19.5 Å². The zero-order valence-electron chi connectivity index (χ0n) is 16.9. The monoisotopic (exact) mass is 428 g/mol. The molecule has 5 nitrogen and oxygen atoms in total. The third-order valence-electron chi connectivity index (χ3n) is 4.44. The van der Waals surface area contributed by atoms with Crippen LogP contribution in [0.4, 0.5) is 5.69 Å². The Kier molecular flexibility index (Phi) is 7.17. The molecule has 0 atom stereocenters. The minimum Gasteiger partial charge on any atom is -0.497 e. The molecular formula is C22H24N2O3S2. The molecule has 0 saturated heterocycles. The SMILES string of the molecule is COc1cc(CSc2nc(CC(=O)Nc3ccc(C)c(C)c3)cs2)cc(OC)c1. The van der Waals surface area contributed by atoms with Gasteiger partial charge in [0.2, 0.25) is 5.91 Å². The summed E-state index contributed by atoms with van der Waals surface area (Å²) in [6, 6.07) is 11.7. The Hall–Kier alpha value is -2.51. The maximum atomic E-state index is 12.3. The number of carbonyl (C=O) groups is 1. The number of rotatable bonds is 8. The average molecular weight is 429 g/mol. The number of aromatic nitrogens is 1. The van der Waals surface area contributed by atoms with Gasteiger partial charge in [-0.3, -0.25) is 4.79 Å². The zero-order valence-corrected chi connectivity index (χ0v) is 18.6. The molecule has 0 radical (unpaired) electrons. The van der Waals surface area contributed by atoms with E-state index in [1.54, 1.807) is 37.3 Å². The third-order valence-corrected chi connectivity index (χ3v) is 6.58. The average Bonchev–Trinajstić information content (AvgIpc) is 3.16. The van der Waals surface area contributed by atoms with Gasteiger partial charge in [-0.2, -0.15) is 0 Å². The highest BCUT2D eigenvalue weighted by atomic mass is 32.2. The molecule has 1 amide bonds. The van der Waals surface area contributed by atoms with Crippen molar-refractivity contribution < 1.29 is 14.3 Å². The Morgan fingerprint density at radius 3 is 2.45 bits per heavy atom. The lowest BCUT2D eigenvalue weighted by atomic mass is 10.1. The van der Waals surface area contributed by atoms with Gasteiger partial charge in [0.05, 0.1) is 26.3 Å². The van der Waals surface area contributed by atoms with E-state index < -0.39 is 0 Å². The Morgan fingerprint density at radius 1 is 1.07 bits per heavy atom. The first kappa shape index (κ1) is 21.2. The predicted molar refractivity (Wildman–Crippen MR) is 119 cm³/mol. The largest absolute Gasteiger partial charge is 0.497 e. The second-order valence-corrected chi connectivity index (χ2v) is 8.72. The van der Waals surface area contributed by atoms with Gasteiger partial charge in [0, 0.05) is 22.9 Å². The van der Waals surface area contributed by atoms with E-state index in [0.29, 0.717) is 0 Å². The predicted octanol–water partition coefficient (Wildman–Crippen LogP) is 5.25. The highest BCUT2D eigenvalue weighted by molar-refractivity contribution is 8.00. The number of nitrogens with zero attached hydrogens (tertiary/aromatic N) is 1. The van der Waals surface area contributed by atoms with Crippen LogP contribution in [0.2, 0.25) is 0 Å². The molecule has 3 aromatic rings. The zero-order chi connectivity index (χ0) is 20.8. The molecule has 0 aliphatic carbocycles. The summed E-state index contributed by atoms with van der Waals surface area (Å²) >= 11 is 3.18. The van der Waals surface area contributed by atoms with E-state index in [9.17, 15) is 4.79 Å². The van der Waals surface area contributed by atoms with Gasteiger partial charge in [-0.05, 0) is 54.8 Å². The molecule has 1 heterocycles. The molecule has 152 valence electrons. The van der Waals surface area contributed by atoms with Gasteiger partial charge < -0.3 is 14.8 Å². The summed E-state index contributed by atoms with van der Waals surface area (Å²) in [7, 11) is 3.28. The Labute approximate surface area is 179 Å². The first-order valence-electron chi connectivity index (χ1n) is 9.13. The first-order chi connectivity index (χ1) is 14.0. The number of nitrogens with one attached hydrogen (secondary N) is 1. The van der Waals surface area contributed by atoms with Gasteiger partial charge in [0.25, 0.3) is 0 Å². The standard InChI is InChI=1S/C22H24N2O3S2/c1-14-5-6-17(7-15(14)2)23-21(25)10-18-13-29-22(24-18)28-12-16-8-19(26-3)11-20(9-16)27-4/h5-9,11,13H,10,12H2,1-4H3,(H,23,25). The van der Waals surface area contributed by atoms with Crippen LogP contribution in [0, 0.1) is 13.8 Å². The summed E-state index contributed by atoms with van der Waals surface area (Å²) in [6.45, 7) is 4.09. The number of ether oxygens (including phenoxy) is 2. The first-order valence-corrected chi connectivity index (χ1v) is 11.0. The minimum absolute atomic E-state index is 0.0624. The number of methoxy groups -OCH3 is 2. The minimum atomic E-state index is -0.0624. The van der Waals surface area contributed by atoms with Gasteiger partial charge in [0.15, 0.2) is 0 Å². The van der Waals surface area contributed by atoms with Crippen LogP contribution in [-0.4, -0.2) is 25.1 Å². The molecule has 0 saturated carbocycles. The topological polar surface area (TPSA) is 60.5 Å². The summed E-state index contributed by atoms with van der Waals surface area (Å²) in [5.41, 5.74) is 5.05. The van der Waals surface area contributed by atoms with Crippen molar-refractivity contribution in [3.8, 4) is 11.5 Å². The van der Waals surface area contributed by atoms with Gasteiger partial charge in [-0.15, -0.1) is 11.3 Å². The molecule has 29 heavy (non-hydrogen) atoms. The molecule has 0 spiro atoms. The molecule has 1 N–H and O–H groups in total. The van der Waals surface area contributed by atoms with E-state index in [-0.39, 0.29) is 12.3 Å². The van der Waals surface area contributed by atoms with Crippen molar-refractivity contribution >= 4 is 34.7 Å². The normalized spacial score (nSPS) is 10.6. The van der Waals surface area contributed by atoms with E-state index in [1.807, 2.05) is 48.7 Å². The fraction of sp³-hybridized carbons (Fsp3) is 0.273. The lowest BCUT2D eigenvalue weighted by molar-refractivity contribution is -0.115. The third kappa shape index (κ3) is 5.98. The molecule has 0 bridgehead atoms. The number of hydrogen-bond acceptors (Lipinski definition) is 6. The summed E-state index contributed by atoms with van der Waals surface area (Å²) in [5, 5.41) is 4.88. The van der Waals surface area contributed by atoms with Gasteiger partial charge in [0.1, 0.15) is 15.8 Å². The molecule has 1 aromatic heterocycles. The molecule has 0 aliphatic heterocycles. The van der Waals surface area contributed by atoms with Crippen LogP contribution in [0.15, 0.2) is 46.1 Å². The van der Waals surface area contributed by atoms with Crippen molar-refractivity contribution in [2.45, 2.75) is 30.4 Å². The number of thioether (sulfide) groups is 1. The van der Waals surface area contributed by atoms with Gasteiger partial charge in [-0.25, -0.2) is 4.98 Å². The molecule has 2 aromatic carbocycles. The van der Waals surface area contributed by atoms with E-state index in [0.717, 1.165) is 44.1 Å². The summed E-state index contributed by atoms with van der Waals surface area (Å²) < 4.78 is 11.6. The number of carbonyl (C=O) groups excluding carboxylic acids is 1. The number of hydrogen-bond donors (Lipinski definition) is 1.